The van der Waals surface area contributed by atoms with Gasteiger partial charge < -0.3 is 9.47 Å². The van der Waals surface area contributed by atoms with Crippen LogP contribution in [0.5, 0.6) is 0 Å². The van der Waals surface area contributed by atoms with Crippen molar-refractivity contribution in [2.24, 2.45) is 7.05 Å². The van der Waals surface area contributed by atoms with Gasteiger partial charge in [0.25, 0.3) is 0 Å². The molecule has 1 fully saturated rings. The summed E-state index contributed by atoms with van der Waals surface area (Å²) in [6.45, 7) is 1.79. The van der Waals surface area contributed by atoms with Crippen molar-refractivity contribution in [2.75, 3.05) is 18.8 Å². The van der Waals surface area contributed by atoms with Crippen molar-refractivity contribution < 1.29 is 4.79 Å². The summed E-state index contributed by atoms with van der Waals surface area (Å²) in [4.78, 5) is 14.4. The van der Waals surface area contributed by atoms with Gasteiger partial charge in [0, 0.05) is 25.7 Å². The van der Waals surface area contributed by atoms with E-state index in [-0.39, 0.29) is 5.91 Å². The van der Waals surface area contributed by atoms with Crippen LogP contribution in [0.4, 0.5) is 0 Å². The van der Waals surface area contributed by atoms with E-state index in [1.807, 2.05) is 46.8 Å². The van der Waals surface area contributed by atoms with Crippen LogP contribution in [0.15, 0.2) is 35.5 Å². The van der Waals surface area contributed by atoms with Crippen LogP contribution in [0.25, 0.3) is 11.4 Å². The second-order valence-corrected chi connectivity index (χ2v) is 6.76. The summed E-state index contributed by atoms with van der Waals surface area (Å²) >= 11 is 1.47. The molecule has 0 atom stereocenters. The maximum atomic E-state index is 12.4. The van der Waals surface area contributed by atoms with Crippen molar-refractivity contribution in [2.45, 2.75) is 30.8 Å². The molecule has 0 aliphatic carbocycles. The van der Waals surface area contributed by atoms with Gasteiger partial charge in [-0.25, -0.2) is 0 Å². The zero-order valence-corrected chi connectivity index (χ0v) is 14.3. The van der Waals surface area contributed by atoms with Gasteiger partial charge in [-0.3, -0.25) is 4.79 Å². The van der Waals surface area contributed by atoms with Crippen LogP contribution >= 0.6 is 11.8 Å². The lowest BCUT2D eigenvalue weighted by Gasteiger charge is -2.19. The molecule has 1 aliphatic heterocycles. The minimum absolute atomic E-state index is 0.209. The number of hydrogen-bond donors (Lipinski definition) is 0. The molecule has 0 bridgehead atoms. The number of benzene rings is 1. The Morgan fingerprint density at radius 1 is 1.09 bits per heavy atom. The first-order chi connectivity index (χ1) is 11.3. The van der Waals surface area contributed by atoms with Gasteiger partial charge >= 0.3 is 0 Å². The maximum Gasteiger partial charge on any atom is 0.233 e. The predicted molar refractivity (Wildman–Crippen MR) is 92.2 cm³/mol. The quantitative estimate of drug-likeness (QED) is 0.809. The molecule has 2 heterocycles. The summed E-state index contributed by atoms with van der Waals surface area (Å²) < 4.78 is 1.95. The summed E-state index contributed by atoms with van der Waals surface area (Å²) in [6.07, 6.45) is 4.72. The standard InChI is InChI=1S/C17H22N4OS/c1-20-16(14-9-5-4-6-10-14)18-19-17(20)23-13-15(22)21-11-7-2-3-8-12-21/h4-6,9-10H,2-3,7-8,11-13H2,1H3. The average molecular weight is 330 g/mol. The Hall–Kier alpha value is -1.82. The van der Waals surface area contributed by atoms with Crippen molar-refractivity contribution >= 4 is 17.7 Å². The molecule has 1 aliphatic rings. The third-order valence-electron chi connectivity index (χ3n) is 4.15. The lowest BCUT2D eigenvalue weighted by molar-refractivity contribution is -0.128. The molecule has 6 heteroatoms. The number of amides is 1. The average Bonchev–Trinajstić information content (AvgIpc) is 2.79. The summed E-state index contributed by atoms with van der Waals surface area (Å²) in [5, 5.41) is 9.28. The van der Waals surface area contributed by atoms with Gasteiger partial charge in [0.15, 0.2) is 11.0 Å². The number of carbonyl (C=O) groups is 1. The summed E-state index contributed by atoms with van der Waals surface area (Å²) in [7, 11) is 1.95. The van der Waals surface area contributed by atoms with Crippen molar-refractivity contribution in [3.63, 3.8) is 0 Å². The van der Waals surface area contributed by atoms with Crippen molar-refractivity contribution in [1.82, 2.24) is 19.7 Å². The lowest BCUT2D eigenvalue weighted by atomic mass is 10.2. The molecule has 23 heavy (non-hydrogen) atoms. The normalized spacial score (nSPS) is 15.4. The molecule has 3 rings (SSSR count). The van der Waals surface area contributed by atoms with Crippen LogP contribution < -0.4 is 0 Å². The van der Waals surface area contributed by atoms with E-state index in [4.69, 9.17) is 0 Å². The Labute approximate surface area is 141 Å². The smallest absolute Gasteiger partial charge is 0.233 e. The minimum Gasteiger partial charge on any atom is -0.342 e. The molecule has 1 saturated heterocycles. The highest BCUT2D eigenvalue weighted by Gasteiger charge is 2.17. The van der Waals surface area contributed by atoms with Crippen LogP contribution in [-0.2, 0) is 11.8 Å². The third kappa shape index (κ3) is 3.93. The Morgan fingerprint density at radius 2 is 1.78 bits per heavy atom. The molecule has 0 unspecified atom stereocenters. The molecule has 2 aromatic rings. The van der Waals surface area contributed by atoms with Crippen LogP contribution in [0.3, 0.4) is 0 Å². The summed E-state index contributed by atoms with van der Waals surface area (Å²) in [5.41, 5.74) is 1.04. The Bertz CT molecular complexity index is 648. The first kappa shape index (κ1) is 16.1. The van der Waals surface area contributed by atoms with E-state index in [2.05, 4.69) is 10.2 Å². The number of hydrogen-bond acceptors (Lipinski definition) is 4. The van der Waals surface area contributed by atoms with Crippen molar-refractivity contribution in [3.8, 4) is 11.4 Å². The number of carbonyl (C=O) groups excluding carboxylic acids is 1. The fourth-order valence-corrected chi connectivity index (χ4v) is 3.63. The number of rotatable bonds is 4. The van der Waals surface area contributed by atoms with Crippen molar-refractivity contribution in [1.29, 1.82) is 0 Å². The first-order valence-corrected chi connectivity index (χ1v) is 9.09. The molecular weight excluding hydrogens is 308 g/mol. The minimum atomic E-state index is 0.209. The van der Waals surface area contributed by atoms with E-state index in [1.165, 1.54) is 24.6 Å². The first-order valence-electron chi connectivity index (χ1n) is 8.11. The van der Waals surface area contributed by atoms with E-state index in [0.717, 1.165) is 42.5 Å². The number of likely N-dealkylation sites (tertiary alicyclic amines) is 1. The van der Waals surface area contributed by atoms with Gasteiger partial charge in [-0.05, 0) is 12.8 Å². The van der Waals surface area contributed by atoms with Crippen molar-refractivity contribution in [3.05, 3.63) is 30.3 Å². The molecule has 122 valence electrons. The summed E-state index contributed by atoms with van der Waals surface area (Å²) in [5.74, 6) is 1.47. The number of thioether (sulfide) groups is 1. The molecular formula is C17H22N4OS. The van der Waals surface area contributed by atoms with E-state index >= 15 is 0 Å². The molecule has 0 saturated carbocycles. The highest BCUT2D eigenvalue weighted by Crippen LogP contribution is 2.23. The van der Waals surface area contributed by atoms with Gasteiger partial charge in [0.1, 0.15) is 0 Å². The van der Waals surface area contributed by atoms with Crippen LogP contribution in [-0.4, -0.2) is 44.4 Å². The topological polar surface area (TPSA) is 51.0 Å². The molecule has 1 aromatic carbocycles. The highest BCUT2D eigenvalue weighted by molar-refractivity contribution is 7.99. The van der Waals surface area contributed by atoms with E-state index in [9.17, 15) is 4.79 Å². The Balaban J connectivity index is 1.62. The summed E-state index contributed by atoms with van der Waals surface area (Å²) in [6, 6.07) is 9.98. The van der Waals surface area contributed by atoms with Gasteiger partial charge in [-0.2, -0.15) is 0 Å². The van der Waals surface area contributed by atoms with Gasteiger partial charge in [-0.15, -0.1) is 10.2 Å². The third-order valence-corrected chi connectivity index (χ3v) is 5.16. The fraction of sp³-hybridized carbons (Fsp3) is 0.471. The number of aromatic nitrogens is 3. The Morgan fingerprint density at radius 3 is 2.48 bits per heavy atom. The van der Waals surface area contributed by atoms with Gasteiger partial charge in [-0.1, -0.05) is 54.9 Å². The van der Waals surface area contributed by atoms with Gasteiger partial charge in [0.05, 0.1) is 5.75 Å². The van der Waals surface area contributed by atoms with Crippen LogP contribution in [0.2, 0.25) is 0 Å². The number of nitrogens with zero attached hydrogens (tertiary/aromatic N) is 4. The molecule has 1 amide bonds. The van der Waals surface area contributed by atoms with E-state index in [0.29, 0.717) is 5.75 Å². The SMILES string of the molecule is Cn1c(SCC(=O)N2CCCCCC2)nnc1-c1ccccc1. The zero-order chi connectivity index (χ0) is 16.1. The zero-order valence-electron chi connectivity index (χ0n) is 13.4. The van der Waals surface area contributed by atoms with E-state index < -0.39 is 0 Å². The Kier molecular flexibility index (Phi) is 5.33. The predicted octanol–water partition coefficient (Wildman–Crippen LogP) is 2.98. The molecule has 0 N–H and O–H groups in total. The van der Waals surface area contributed by atoms with E-state index in [1.54, 1.807) is 0 Å². The van der Waals surface area contributed by atoms with Crippen LogP contribution in [0.1, 0.15) is 25.7 Å². The molecule has 5 nitrogen and oxygen atoms in total. The van der Waals surface area contributed by atoms with Gasteiger partial charge in [0.2, 0.25) is 5.91 Å². The second-order valence-electron chi connectivity index (χ2n) is 5.81. The fourth-order valence-electron chi connectivity index (χ4n) is 2.82. The lowest BCUT2D eigenvalue weighted by Crippen LogP contribution is -2.33. The molecule has 0 spiro atoms. The maximum absolute atomic E-state index is 12.4. The highest BCUT2D eigenvalue weighted by atomic mass is 32.2. The monoisotopic (exact) mass is 330 g/mol. The largest absolute Gasteiger partial charge is 0.342 e. The second kappa shape index (κ2) is 7.64. The molecule has 1 aromatic heterocycles. The van der Waals surface area contributed by atoms with Crippen LogP contribution in [0, 0.1) is 0 Å². The molecule has 0 radical (unpaired) electrons.